The van der Waals surface area contributed by atoms with Gasteiger partial charge in [-0.2, -0.15) is 0 Å². The second-order valence-electron chi connectivity index (χ2n) is 3.92. The summed E-state index contributed by atoms with van der Waals surface area (Å²) in [5.41, 5.74) is -2.60. The summed E-state index contributed by atoms with van der Waals surface area (Å²) in [6.07, 6.45) is 0. The average molecular weight is 232 g/mol. The molecule has 0 aromatic rings. The first-order valence-corrected chi connectivity index (χ1v) is 4.25. The SMILES string of the molecule is CN(C)CC(CN(C)C)(N(F)F)N(F)F. The number of hydrogen-bond donors (Lipinski definition) is 0. The van der Waals surface area contributed by atoms with Gasteiger partial charge in [-0.15, -0.1) is 0 Å². The van der Waals surface area contributed by atoms with Gasteiger partial charge in [0.1, 0.15) is 0 Å². The zero-order chi connectivity index (χ0) is 12.2. The Morgan fingerprint density at radius 3 is 1.13 bits per heavy atom. The molecule has 0 aliphatic heterocycles. The second-order valence-corrected chi connectivity index (χ2v) is 3.92. The van der Waals surface area contributed by atoms with Gasteiger partial charge in [0.15, 0.2) is 0 Å². The van der Waals surface area contributed by atoms with Crippen LogP contribution in [0.1, 0.15) is 0 Å². The van der Waals surface area contributed by atoms with E-state index in [9.17, 15) is 17.9 Å². The van der Waals surface area contributed by atoms with Crippen molar-refractivity contribution in [1.29, 1.82) is 0 Å². The summed E-state index contributed by atoms with van der Waals surface area (Å²) >= 11 is 0. The number of halogens is 4. The fraction of sp³-hybridized carbons (Fsp3) is 1.00. The molecular formula is C7H16F4N4. The summed E-state index contributed by atoms with van der Waals surface area (Å²) in [6, 6.07) is 0. The zero-order valence-electron chi connectivity index (χ0n) is 9.21. The van der Waals surface area contributed by atoms with Crippen LogP contribution in [-0.2, 0) is 0 Å². The highest BCUT2D eigenvalue weighted by atomic mass is 19.4. The van der Waals surface area contributed by atoms with Crippen molar-refractivity contribution in [2.45, 2.75) is 5.66 Å². The first-order chi connectivity index (χ1) is 6.72. The highest BCUT2D eigenvalue weighted by molar-refractivity contribution is 4.83. The fourth-order valence-corrected chi connectivity index (χ4v) is 1.33. The van der Waals surface area contributed by atoms with E-state index < -0.39 is 29.4 Å². The van der Waals surface area contributed by atoms with Gasteiger partial charge in [0.2, 0.25) is 5.66 Å². The molecule has 0 saturated heterocycles. The molecule has 0 radical (unpaired) electrons. The van der Waals surface area contributed by atoms with Crippen LogP contribution >= 0.6 is 0 Å². The Hall–Kier alpha value is -0.440. The van der Waals surface area contributed by atoms with Crippen LogP contribution in [0.15, 0.2) is 0 Å². The molecule has 0 aromatic carbocycles. The number of likely N-dealkylation sites (N-methyl/N-ethyl adjacent to an activating group) is 2. The Labute approximate surface area is 86.4 Å². The summed E-state index contributed by atoms with van der Waals surface area (Å²) in [5, 5.41) is -2.90. The third-order valence-corrected chi connectivity index (χ3v) is 1.77. The first-order valence-electron chi connectivity index (χ1n) is 4.25. The van der Waals surface area contributed by atoms with Crippen LogP contribution in [0.3, 0.4) is 0 Å². The van der Waals surface area contributed by atoms with Crippen LogP contribution in [0.5, 0.6) is 0 Å². The Morgan fingerprint density at radius 2 is 1.00 bits per heavy atom. The third kappa shape index (κ3) is 3.90. The molecule has 0 rings (SSSR count). The highest BCUT2D eigenvalue weighted by Crippen LogP contribution is 2.25. The van der Waals surface area contributed by atoms with Crippen LogP contribution in [0.4, 0.5) is 17.9 Å². The maximum atomic E-state index is 12.6. The second kappa shape index (κ2) is 5.59. The summed E-state index contributed by atoms with van der Waals surface area (Å²) in [5.74, 6) is 0. The number of hydrogen-bond acceptors (Lipinski definition) is 4. The lowest BCUT2D eigenvalue weighted by Gasteiger charge is -2.36. The zero-order valence-corrected chi connectivity index (χ0v) is 9.21. The van der Waals surface area contributed by atoms with Crippen molar-refractivity contribution in [2.24, 2.45) is 0 Å². The summed E-state index contributed by atoms with van der Waals surface area (Å²) in [6.45, 7) is -0.962. The Kier molecular flexibility index (Phi) is 5.43. The number of nitrogens with zero attached hydrogens (tertiary/aromatic N) is 4. The molecule has 0 amide bonds. The molecule has 0 aliphatic carbocycles. The van der Waals surface area contributed by atoms with Crippen LogP contribution in [0.25, 0.3) is 0 Å². The topological polar surface area (TPSA) is 13.0 Å². The van der Waals surface area contributed by atoms with E-state index in [-0.39, 0.29) is 0 Å². The monoisotopic (exact) mass is 232 g/mol. The molecule has 8 heteroatoms. The molecule has 4 nitrogen and oxygen atoms in total. The molecule has 0 aromatic heterocycles. The number of rotatable bonds is 6. The van der Waals surface area contributed by atoms with E-state index in [4.69, 9.17) is 0 Å². The van der Waals surface area contributed by atoms with Crippen LogP contribution in [0, 0.1) is 0 Å². The summed E-state index contributed by atoms with van der Waals surface area (Å²) in [4.78, 5) is 2.56. The standard InChI is InChI=1S/C7H16F4N4/c1-12(2)5-7(14(8)9,15(10)11)6-13(3)4/h5-6H2,1-4H3. The minimum atomic E-state index is -2.60. The molecule has 92 valence electrons. The first kappa shape index (κ1) is 14.6. The predicted octanol–water partition coefficient (Wildman–Crippen LogP) is 0.948. The molecular weight excluding hydrogens is 216 g/mol. The van der Waals surface area contributed by atoms with E-state index in [1.807, 2.05) is 0 Å². The fourth-order valence-electron chi connectivity index (χ4n) is 1.33. The van der Waals surface area contributed by atoms with Crippen molar-refractivity contribution < 1.29 is 17.9 Å². The van der Waals surface area contributed by atoms with E-state index in [1.54, 1.807) is 0 Å². The molecule has 0 heterocycles. The third-order valence-electron chi connectivity index (χ3n) is 1.77. The van der Waals surface area contributed by atoms with Gasteiger partial charge in [0, 0.05) is 23.8 Å². The largest absolute Gasteiger partial charge is 0.306 e. The van der Waals surface area contributed by atoms with Crippen molar-refractivity contribution in [3.05, 3.63) is 0 Å². The normalized spacial score (nSPS) is 13.6. The quantitative estimate of drug-likeness (QED) is 0.384. The lowest BCUT2D eigenvalue weighted by molar-refractivity contribution is -0.375. The molecule has 0 aliphatic rings. The average Bonchev–Trinajstić information content (AvgIpc) is 1.99. The molecule has 15 heavy (non-hydrogen) atoms. The molecule has 0 bridgehead atoms. The Morgan fingerprint density at radius 1 is 0.733 bits per heavy atom. The molecule has 0 fully saturated rings. The van der Waals surface area contributed by atoms with Gasteiger partial charge in [-0.05, 0) is 28.2 Å². The van der Waals surface area contributed by atoms with Crippen LogP contribution in [0.2, 0.25) is 0 Å². The van der Waals surface area contributed by atoms with Crippen molar-refractivity contribution in [1.82, 2.24) is 20.5 Å². The van der Waals surface area contributed by atoms with E-state index in [0.29, 0.717) is 0 Å². The minimum absolute atomic E-state index is 0.481. The summed E-state index contributed by atoms with van der Waals surface area (Å²) < 4.78 is 50.3. The van der Waals surface area contributed by atoms with Crippen LogP contribution < -0.4 is 0 Å². The Bertz CT molecular complexity index is 166. The van der Waals surface area contributed by atoms with Gasteiger partial charge in [0.05, 0.1) is 0 Å². The van der Waals surface area contributed by atoms with E-state index in [0.717, 1.165) is 0 Å². The van der Waals surface area contributed by atoms with E-state index in [1.165, 1.54) is 38.0 Å². The van der Waals surface area contributed by atoms with Crippen molar-refractivity contribution in [2.75, 3.05) is 41.3 Å². The van der Waals surface area contributed by atoms with Gasteiger partial charge >= 0.3 is 0 Å². The van der Waals surface area contributed by atoms with Gasteiger partial charge in [-0.25, -0.2) is 0 Å². The highest BCUT2D eigenvalue weighted by Gasteiger charge is 2.48. The molecule has 0 spiro atoms. The van der Waals surface area contributed by atoms with Gasteiger partial charge in [-0.1, -0.05) is 17.9 Å². The lowest BCUT2D eigenvalue weighted by Crippen LogP contribution is -2.60. The Balaban J connectivity index is 4.90. The molecule has 0 unspecified atom stereocenters. The van der Waals surface area contributed by atoms with Gasteiger partial charge in [0.25, 0.3) is 0 Å². The predicted molar refractivity (Wildman–Crippen MR) is 47.9 cm³/mol. The lowest BCUT2D eigenvalue weighted by atomic mass is 10.1. The summed E-state index contributed by atoms with van der Waals surface area (Å²) in [7, 11) is 5.82. The van der Waals surface area contributed by atoms with Crippen molar-refractivity contribution >= 4 is 0 Å². The minimum Gasteiger partial charge on any atom is -0.306 e. The van der Waals surface area contributed by atoms with Crippen LogP contribution in [-0.4, -0.2) is 67.4 Å². The van der Waals surface area contributed by atoms with Gasteiger partial charge < -0.3 is 9.80 Å². The maximum Gasteiger partial charge on any atom is 0.220 e. The molecule has 0 N–H and O–H groups in total. The maximum absolute atomic E-state index is 12.6. The molecule has 0 saturated carbocycles. The van der Waals surface area contributed by atoms with Gasteiger partial charge in [-0.3, -0.25) is 0 Å². The van der Waals surface area contributed by atoms with Crippen molar-refractivity contribution in [3.63, 3.8) is 0 Å². The molecule has 0 atom stereocenters. The van der Waals surface area contributed by atoms with Crippen molar-refractivity contribution in [3.8, 4) is 0 Å². The van der Waals surface area contributed by atoms with E-state index in [2.05, 4.69) is 0 Å². The van der Waals surface area contributed by atoms with E-state index >= 15 is 0 Å². The smallest absolute Gasteiger partial charge is 0.220 e.